The molecule has 0 saturated heterocycles. The summed E-state index contributed by atoms with van der Waals surface area (Å²) in [6.07, 6.45) is 1.58. The first-order valence-electron chi connectivity index (χ1n) is 6.75. The molecular weight excluding hydrogens is 268 g/mol. The van der Waals surface area contributed by atoms with Crippen LogP contribution in [0.25, 0.3) is 10.9 Å². The van der Waals surface area contributed by atoms with E-state index in [1.54, 1.807) is 31.5 Å². The molecule has 2 rings (SSSR count). The number of hydrogen-bond acceptors (Lipinski definition) is 3. The second-order valence-electron chi connectivity index (χ2n) is 6.02. The second-order valence-corrected chi connectivity index (χ2v) is 6.02. The van der Waals surface area contributed by atoms with Crippen molar-refractivity contribution in [2.24, 2.45) is 0 Å². The molecule has 0 fully saturated rings. The van der Waals surface area contributed by atoms with Gasteiger partial charge in [-0.3, -0.25) is 14.2 Å². The quantitative estimate of drug-likeness (QED) is 0.924. The Morgan fingerprint density at radius 3 is 2.43 bits per heavy atom. The van der Waals surface area contributed by atoms with E-state index in [9.17, 15) is 9.59 Å². The van der Waals surface area contributed by atoms with Crippen LogP contribution in [0, 0.1) is 0 Å². The highest BCUT2D eigenvalue weighted by molar-refractivity contribution is 6.09. The van der Waals surface area contributed by atoms with Gasteiger partial charge in [0.2, 0.25) is 5.91 Å². The molecule has 5 heteroatoms. The van der Waals surface area contributed by atoms with Crippen LogP contribution in [-0.2, 0) is 0 Å². The molecule has 1 aromatic heterocycles. The van der Waals surface area contributed by atoms with Gasteiger partial charge in [-0.15, -0.1) is 0 Å². The first-order valence-corrected chi connectivity index (χ1v) is 6.75. The topological polar surface area (TPSA) is 60.3 Å². The molecule has 1 amide bonds. The number of ether oxygens (including phenoxy) is 1. The van der Waals surface area contributed by atoms with E-state index in [-0.39, 0.29) is 17.4 Å². The molecule has 0 spiro atoms. The summed E-state index contributed by atoms with van der Waals surface area (Å²) in [7, 11) is 1.57. The lowest BCUT2D eigenvalue weighted by Crippen LogP contribution is -2.40. The summed E-state index contributed by atoms with van der Waals surface area (Å²) in [5, 5.41) is 3.61. The van der Waals surface area contributed by atoms with Crippen molar-refractivity contribution in [1.29, 1.82) is 0 Å². The van der Waals surface area contributed by atoms with Crippen LogP contribution < -0.4 is 10.1 Å². The van der Waals surface area contributed by atoms with Crippen LogP contribution in [0.1, 0.15) is 42.8 Å². The van der Waals surface area contributed by atoms with Crippen molar-refractivity contribution >= 4 is 22.7 Å². The van der Waals surface area contributed by atoms with E-state index in [0.29, 0.717) is 22.2 Å². The van der Waals surface area contributed by atoms with Gasteiger partial charge in [-0.05, 0) is 39.0 Å². The van der Waals surface area contributed by atoms with Crippen LogP contribution in [0.3, 0.4) is 0 Å². The normalized spacial score (nSPS) is 11.5. The highest BCUT2D eigenvalue weighted by Gasteiger charge is 2.21. The Morgan fingerprint density at radius 1 is 1.24 bits per heavy atom. The first-order chi connectivity index (χ1) is 9.73. The van der Waals surface area contributed by atoms with E-state index in [2.05, 4.69) is 5.32 Å². The molecule has 112 valence electrons. The van der Waals surface area contributed by atoms with E-state index in [1.807, 2.05) is 20.8 Å². The van der Waals surface area contributed by atoms with E-state index >= 15 is 0 Å². The Bertz CT molecular complexity index is 708. The van der Waals surface area contributed by atoms with Crippen molar-refractivity contribution in [3.63, 3.8) is 0 Å². The number of carbonyl (C=O) groups excluding carboxylic acids is 2. The largest absolute Gasteiger partial charge is 0.497 e. The van der Waals surface area contributed by atoms with Gasteiger partial charge in [0, 0.05) is 24.0 Å². The summed E-state index contributed by atoms with van der Waals surface area (Å²) in [6.45, 7) is 7.20. The average Bonchev–Trinajstić information content (AvgIpc) is 2.75. The number of aromatic nitrogens is 1. The smallest absolute Gasteiger partial charge is 0.253 e. The minimum absolute atomic E-state index is 0.139. The van der Waals surface area contributed by atoms with Crippen molar-refractivity contribution in [2.45, 2.75) is 33.2 Å². The van der Waals surface area contributed by atoms with Crippen molar-refractivity contribution in [3.05, 3.63) is 30.0 Å². The van der Waals surface area contributed by atoms with Crippen molar-refractivity contribution in [1.82, 2.24) is 9.88 Å². The molecule has 0 aliphatic rings. The number of fused-ring (bicyclic) bond motifs is 1. The summed E-state index contributed by atoms with van der Waals surface area (Å²) in [5.74, 6) is 0.300. The molecule has 0 saturated carbocycles. The van der Waals surface area contributed by atoms with Gasteiger partial charge < -0.3 is 10.1 Å². The lowest BCUT2D eigenvalue weighted by molar-refractivity contribution is 0.0921. The second kappa shape index (κ2) is 5.24. The summed E-state index contributed by atoms with van der Waals surface area (Å²) in [6, 6.07) is 5.32. The van der Waals surface area contributed by atoms with Gasteiger partial charge in [-0.1, -0.05) is 0 Å². The fourth-order valence-corrected chi connectivity index (χ4v) is 2.19. The Kier molecular flexibility index (Phi) is 3.77. The third-order valence-corrected chi connectivity index (χ3v) is 3.08. The van der Waals surface area contributed by atoms with Crippen molar-refractivity contribution < 1.29 is 14.3 Å². The van der Waals surface area contributed by atoms with E-state index in [1.165, 1.54) is 11.5 Å². The summed E-state index contributed by atoms with van der Waals surface area (Å²) in [5.41, 5.74) is 0.817. The summed E-state index contributed by atoms with van der Waals surface area (Å²) < 4.78 is 6.68. The lowest BCUT2D eigenvalue weighted by atomic mass is 10.1. The highest BCUT2D eigenvalue weighted by atomic mass is 16.5. The van der Waals surface area contributed by atoms with Crippen LogP contribution in [0.15, 0.2) is 24.4 Å². The average molecular weight is 288 g/mol. The van der Waals surface area contributed by atoms with Gasteiger partial charge in [-0.25, -0.2) is 0 Å². The van der Waals surface area contributed by atoms with Gasteiger partial charge in [-0.2, -0.15) is 0 Å². The standard InChI is InChI=1S/C16H20N2O3/c1-10(19)18-9-13(15(20)17-16(2,3)4)12-8-11(21-5)6-7-14(12)18/h6-9H,1-5H3,(H,17,20). The number of nitrogens with zero attached hydrogens (tertiary/aromatic N) is 1. The molecule has 5 nitrogen and oxygen atoms in total. The van der Waals surface area contributed by atoms with Gasteiger partial charge in [0.25, 0.3) is 5.91 Å². The third kappa shape index (κ3) is 3.07. The maximum Gasteiger partial charge on any atom is 0.253 e. The Hall–Kier alpha value is -2.30. The molecule has 1 heterocycles. The van der Waals surface area contributed by atoms with E-state index in [0.717, 1.165) is 0 Å². The van der Waals surface area contributed by atoms with Gasteiger partial charge in [0.1, 0.15) is 5.75 Å². The van der Waals surface area contributed by atoms with Crippen molar-refractivity contribution in [2.75, 3.05) is 7.11 Å². The van der Waals surface area contributed by atoms with Crippen LogP contribution in [0.4, 0.5) is 0 Å². The maximum absolute atomic E-state index is 12.4. The van der Waals surface area contributed by atoms with Gasteiger partial charge in [0.15, 0.2) is 0 Å². The van der Waals surface area contributed by atoms with Gasteiger partial charge >= 0.3 is 0 Å². The zero-order valence-corrected chi connectivity index (χ0v) is 13.0. The maximum atomic E-state index is 12.4. The Morgan fingerprint density at radius 2 is 1.90 bits per heavy atom. The fraction of sp³-hybridized carbons (Fsp3) is 0.375. The molecular formula is C16H20N2O3. The number of nitrogens with one attached hydrogen (secondary N) is 1. The number of hydrogen-bond donors (Lipinski definition) is 1. The Balaban J connectivity index is 2.61. The van der Waals surface area contributed by atoms with Crippen LogP contribution in [-0.4, -0.2) is 29.0 Å². The third-order valence-electron chi connectivity index (χ3n) is 3.08. The molecule has 0 radical (unpaired) electrons. The van der Waals surface area contributed by atoms with Crippen molar-refractivity contribution in [3.8, 4) is 5.75 Å². The number of benzene rings is 1. The van der Waals surface area contributed by atoms with E-state index < -0.39 is 0 Å². The Labute approximate surface area is 123 Å². The summed E-state index contributed by atoms with van der Waals surface area (Å²) in [4.78, 5) is 24.2. The van der Waals surface area contributed by atoms with Crippen LogP contribution in [0.5, 0.6) is 5.75 Å². The minimum atomic E-state index is -0.347. The molecule has 0 aliphatic heterocycles. The lowest BCUT2D eigenvalue weighted by Gasteiger charge is -2.20. The molecule has 0 bridgehead atoms. The molecule has 0 atom stereocenters. The molecule has 1 aromatic carbocycles. The zero-order chi connectivity index (χ0) is 15.8. The monoisotopic (exact) mass is 288 g/mol. The number of methoxy groups -OCH3 is 1. The number of rotatable bonds is 2. The molecule has 2 aromatic rings. The van der Waals surface area contributed by atoms with Crippen LogP contribution >= 0.6 is 0 Å². The SMILES string of the molecule is COc1ccc2c(c1)c(C(=O)NC(C)(C)C)cn2C(C)=O. The van der Waals surface area contributed by atoms with E-state index in [4.69, 9.17) is 4.74 Å². The number of carbonyl (C=O) groups is 2. The predicted octanol–water partition coefficient (Wildman–Crippen LogP) is 2.84. The predicted molar refractivity (Wildman–Crippen MR) is 82.0 cm³/mol. The molecule has 0 unspecified atom stereocenters. The molecule has 21 heavy (non-hydrogen) atoms. The summed E-state index contributed by atoms with van der Waals surface area (Å²) >= 11 is 0. The molecule has 1 N–H and O–H groups in total. The zero-order valence-electron chi connectivity index (χ0n) is 13.0. The first kappa shape index (κ1) is 15.1. The molecule has 0 aliphatic carbocycles. The van der Waals surface area contributed by atoms with Crippen LogP contribution in [0.2, 0.25) is 0 Å². The highest BCUT2D eigenvalue weighted by Crippen LogP contribution is 2.26. The minimum Gasteiger partial charge on any atom is -0.497 e. The number of amides is 1. The van der Waals surface area contributed by atoms with Gasteiger partial charge in [0.05, 0.1) is 18.2 Å². The fourth-order valence-electron chi connectivity index (χ4n) is 2.19.